The summed E-state index contributed by atoms with van der Waals surface area (Å²) in [5.74, 6) is 0. The minimum absolute atomic E-state index is 0.803. The highest BCUT2D eigenvalue weighted by Crippen LogP contribution is 2.17. The van der Waals surface area contributed by atoms with Crippen molar-refractivity contribution in [2.45, 2.75) is 20.4 Å². The van der Waals surface area contributed by atoms with Crippen LogP contribution in [0.25, 0.3) is 0 Å². The predicted molar refractivity (Wildman–Crippen MR) is 74.1 cm³/mol. The fraction of sp³-hybridized carbons (Fsp3) is 0.200. The fourth-order valence-electron chi connectivity index (χ4n) is 1.94. The third kappa shape index (κ3) is 3.25. The molecule has 0 unspecified atom stereocenters. The minimum atomic E-state index is 0.803. The number of aryl methyl sites for hydroxylation is 2. The zero-order valence-electron chi connectivity index (χ0n) is 10.3. The highest BCUT2D eigenvalue weighted by Gasteiger charge is 1.97. The molecule has 88 valence electrons. The number of nitrogens with one attached hydrogen (secondary N) is 1. The van der Waals surface area contributed by atoms with Gasteiger partial charge in [-0.1, -0.05) is 29.8 Å². The molecular weight excluding hydrogens is 208 g/mol. The molecule has 0 aliphatic heterocycles. The molecule has 0 saturated heterocycles. The van der Waals surface area contributed by atoms with Gasteiger partial charge in [-0.25, -0.2) is 0 Å². The van der Waals surface area contributed by atoms with Crippen LogP contribution in [-0.2, 0) is 6.54 Å². The van der Waals surface area contributed by atoms with E-state index in [4.69, 9.17) is 5.73 Å². The van der Waals surface area contributed by atoms with Crippen molar-refractivity contribution in [3.8, 4) is 0 Å². The van der Waals surface area contributed by atoms with Crippen LogP contribution in [-0.4, -0.2) is 0 Å². The zero-order chi connectivity index (χ0) is 12.3. The third-order valence-electron chi connectivity index (χ3n) is 2.68. The number of nitrogens with two attached hydrogens (primary N) is 1. The van der Waals surface area contributed by atoms with Crippen LogP contribution in [0.5, 0.6) is 0 Å². The van der Waals surface area contributed by atoms with Crippen LogP contribution in [0.4, 0.5) is 11.4 Å². The fourth-order valence-corrected chi connectivity index (χ4v) is 1.94. The zero-order valence-corrected chi connectivity index (χ0v) is 10.3. The molecule has 0 heterocycles. The molecule has 17 heavy (non-hydrogen) atoms. The Morgan fingerprint density at radius 1 is 1.00 bits per heavy atom. The Morgan fingerprint density at radius 2 is 1.82 bits per heavy atom. The van der Waals surface area contributed by atoms with Crippen LogP contribution in [0.1, 0.15) is 16.7 Å². The highest BCUT2D eigenvalue weighted by atomic mass is 14.9. The van der Waals surface area contributed by atoms with E-state index in [0.29, 0.717) is 0 Å². The van der Waals surface area contributed by atoms with Crippen LogP contribution in [0.2, 0.25) is 0 Å². The first kappa shape index (κ1) is 11.5. The van der Waals surface area contributed by atoms with Gasteiger partial charge in [-0.3, -0.25) is 0 Å². The van der Waals surface area contributed by atoms with E-state index in [1.54, 1.807) is 0 Å². The number of hydrogen-bond donors (Lipinski definition) is 2. The summed E-state index contributed by atoms with van der Waals surface area (Å²) in [5.41, 5.74) is 11.4. The molecule has 0 radical (unpaired) electrons. The number of hydrogen-bond acceptors (Lipinski definition) is 2. The SMILES string of the molecule is Cc1cccc(CNc2cc(C)cc(N)c2)c1. The van der Waals surface area contributed by atoms with Crippen molar-refractivity contribution in [2.75, 3.05) is 11.1 Å². The Kier molecular flexibility index (Phi) is 3.33. The lowest BCUT2D eigenvalue weighted by Crippen LogP contribution is -2.00. The van der Waals surface area contributed by atoms with Gasteiger partial charge in [-0.15, -0.1) is 0 Å². The van der Waals surface area contributed by atoms with Gasteiger partial charge < -0.3 is 11.1 Å². The number of benzene rings is 2. The Bertz CT molecular complexity index is 498. The van der Waals surface area contributed by atoms with Gasteiger partial charge in [0.25, 0.3) is 0 Å². The molecule has 2 nitrogen and oxygen atoms in total. The van der Waals surface area contributed by atoms with E-state index in [1.807, 2.05) is 19.1 Å². The molecule has 0 spiro atoms. The van der Waals surface area contributed by atoms with Crippen molar-refractivity contribution in [2.24, 2.45) is 0 Å². The lowest BCUT2D eigenvalue weighted by atomic mass is 10.1. The molecule has 0 bridgehead atoms. The maximum absolute atomic E-state index is 5.81. The van der Waals surface area contributed by atoms with E-state index in [2.05, 4.69) is 42.6 Å². The molecule has 2 rings (SSSR count). The summed E-state index contributed by atoms with van der Waals surface area (Å²) < 4.78 is 0. The summed E-state index contributed by atoms with van der Waals surface area (Å²) >= 11 is 0. The molecule has 0 atom stereocenters. The van der Waals surface area contributed by atoms with Gasteiger partial charge in [-0.2, -0.15) is 0 Å². The largest absolute Gasteiger partial charge is 0.399 e. The molecule has 2 aromatic rings. The van der Waals surface area contributed by atoms with E-state index >= 15 is 0 Å². The average molecular weight is 226 g/mol. The molecule has 0 amide bonds. The van der Waals surface area contributed by atoms with Crippen LogP contribution in [0, 0.1) is 13.8 Å². The Hall–Kier alpha value is -1.96. The van der Waals surface area contributed by atoms with Crippen LogP contribution >= 0.6 is 0 Å². The standard InChI is InChI=1S/C15H18N2/c1-11-4-3-5-13(6-11)10-17-15-8-12(2)7-14(16)9-15/h3-9,17H,10,16H2,1-2H3. The summed E-state index contributed by atoms with van der Waals surface area (Å²) in [5, 5.41) is 3.39. The molecule has 0 aliphatic rings. The molecule has 3 N–H and O–H groups in total. The van der Waals surface area contributed by atoms with E-state index < -0.39 is 0 Å². The Morgan fingerprint density at radius 3 is 2.53 bits per heavy atom. The topological polar surface area (TPSA) is 38.0 Å². The normalized spacial score (nSPS) is 10.2. The number of nitrogen functional groups attached to an aromatic ring is 1. The lowest BCUT2D eigenvalue weighted by Gasteiger charge is -2.09. The first-order valence-corrected chi connectivity index (χ1v) is 5.80. The van der Waals surface area contributed by atoms with Crippen molar-refractivity contribution in [3.05, 3.63) is 59.2 Å². The van der Waals surface area contributed by atoms with Crippen molar-refractivity contribution in [3.63, 3.8) is 0 Å². The predicted octanol–water partition coefficient (Wildman–Crippen LogP) is 3.50. The molecule has 0 saturated carbocycles. The van der Waals surface area contributed by atoms with Gasteiger partial charge >= 0.3 is 0 Å². The minimum Gasteiger partial charge on any atom is -0.399 e. The highest BCUT2D eigenvalue weighted by molar-refractivity contribution is 5.56. The Balaban J connectivity index is 2.07. The van der Waals surface area contributed by atoms with E-state index in [0.717, 1.165) is 17.9 Å². The molecule has 2 heteroatoms. The summed E-state index contributed by atoms with van der Waals surface area (Å²) in [6.07, 6.45) is 0. The first-order chi connectivity index (χ1) is 8.13. The molecule has 0 fully saturated rings. The van der Waals surface area contributed by atoms with Crippen molar-refractivity contribution >= 4 is 11.4 Å². The van der Waals surface area contributed by atoms with Gasteiger partial charge in [0, 0.05) is 17.9 Å². The third-order valence-corrected chi connectivity index (χ3v) is 2.68. The molecular formula is C15H18N2. The second-order valence-electron chi connectivity index (χ2n) is 4.47. The second kappa shape index (κ2) is 4.91. The number of anilines is 2. The van der Waals surface area contributed by atoms with Gasteiger partial charge in [0.15, 0.2) is 0 Å². The maximum atomic E-state index is 5.81. The summed E-state index contributed by atoms with van der Waals surface area (Å²) in [7, 11) is 0. The lowest BCUT2D eigenvalue weighted by molar-refractivity contribution is 1.14. The Labute approximate surface area is 102 Å². The summed E-state index contributed by atoms with van der Waals surface area (Å²) in [6, 6.07) is 14.5. The number of rotatable bonds is 3. The van der Waals surface area contributed by atoms with E-state index in [9.17, 15) is 0 Å². The van der Waals surface area contributed by atoms with Gasteiger partial charge in [0.05, 0.1) is 0 Å². The first-order valence-electron chi connectivity index (χ1n) is 5.80. The summed E-state index contributed by atoms with van der Waals surface area (Å²) in [6.45, 7) is 4.98. The van der Waals surface area contributed by atoms with Crippen molar-refractivity contribution < 1.29 is 0 Å². The van der Waals surface area contributed by atoms with Crippen molar-refractivity contribution in [1.82, 2.24) is 0 Å². The van der Waals surface area contributed by atoms with Crippen LogP contribution < -0.4 is 11.1 Å². The quantitative estimate of drug-likeness (QED) is 0.786. The van der Waals surface area contributed by atoms with E-state index in [-0.39, 0.29) is 0 Å². The van der Waals surface area contributed by atoms with Crippen molar-refractivity contribution in [1.29, 1.82) is 0 Å². The molecule has 0 aliphatic carbocycles. The van der Waals surface area contributed by atoms with Crippen LogP contribution in [0.3, 0.4) is 0 Å². The van der Waals surface area contributed by atoms with Gasteiger partial charge in [-0.05, 0) is 43.2 Å². The maximum Gasteiger partial charge on any atom is 0.0400 e. The average Bonchev–Trinajstić information content (AvgIpc) is 2.25. The second-order valence-corrected chi connectivity index (χ2v) is 4.47. The smallest absolute Gasteiger partial charge is 0.0400 e. The van der Waals surface area contributed by atoms with Crippen LogP contribution in [0.15, 0.2) is 42.5 Å². The molecule has 2 aromatic carbocycles. The summed E-state index contributed by atoms with van der Waals surface area (Å²) in [4.78, 5) is 0. The van der Waals surface area contributed by atoms with E-state index in [1.165, 1.54) is 16.7 Å². The molecule has 0 aromatic heterocycles. The monoisotopic (exact) mass is 226 g/mol. The van der Waals surface area contributed by atoms with Gasteiger partial charge in [0.2, 0.25) is 0 Å². The van der Waals surface area contributed by atoms with Gasteiger partial charge in [0.1, 0.15) is 0 Å².